The van der Waals surface area contributed by atoms with Crippen molar-refractivity contribution in [3.05, 3.63) is 63.9 Å². The minimum Gasteiger partial charge on any atom is -0.396 e. The van der Waals surface area contributed by atoms with E-state index in [0.717, 1.165) is 16.8 Å². The van der Waals surface area contributed by atoms with Crippen LogP contribution in [-0.4, -0.2) is 32.4 Å². The van der Waals surface area contributed by atoms with Crippen molar-refractivity contribution >= 4 is 34.3 Å². The summed E-state index contributed by atoms with van der Waals surface area (Å²) in [7, 11) is 0. The molecule has 1 aromatic heterocycles. The number of nitrogens with one attached hydrogen (secondary N) is 1. The highest BCUT2D eigenvalue weighted by molar-refractivity contribution is 8.00. The number of fused-ring (bicyclic) bond motifs is 1. The summed E-state index contributed by atoms with van der Waals surface area (Å²) < 4.78 is 1.55. The van der Waals surface area contributed by atoms with E-state index in [1.54, 1.807) is 29.7 Å². The minimum absolute atomic E-state index is 0.0217. The third-order valence-electron chi connectivity index (χ3n) is 4.66. The Morgan fingerprint density at radius 3 is 2.72 bits per heavy atom. The summed E-state index contributed by atoms with van der Waals surface area (Å²) in [6, 6.07) is 13.0. The van der Waals surface area contributed by atoms with Crippen LogP contribution in [0.5, 0.6) is 0 Å². The van der Waals surface area contributed by atoms with Crippen LogP contribution in [0.25, 0.3) is 10.9 Å². The Morgan fingerprint density at radius 1 is 1.24 bits per heavy atom. The van der Waals surface area contributed by atoms with E-state index in [-0.39, 0.29) is 18.1 Å². The highest BCUT2D eigenvalue weighted by atomic mass is 32.2. The largest absolute Gasteiger partial charge is 0.396 e. The molecule has 6 nitrogen and oxygen atoms in total. The molecule has 152 valence electrons. The summed E-state index contributed by atoms with van der Waals surface area (Å²) in [5.41, 5.74) is 3.35. The second-order valence-electron chi connectivity index (χ2n) is 7.01. The zero-order chi connectivity index (χ0) is 21.0. The maximum Gasteiger partial charge on any atom is 0.262 e. The van der Waals surface area contributed by atoms with E-state index in [0.29, 0.717) is 29.0 Å². The van der Waals surface area contributed by atoms with E-state index < -0.39 is 5.25 Å². The van der Waals surface area contributed by atoms with Crippen LogP contribution in [0, 0.1) is 13.8 Å². The van der Waals surface area contributed by atoms with Crippen molar-refractivity contribution in [2.24, 2.45) is 0 Å². The van der Waals surface area contributed by atoms with E-state index in [9.17, 15) is 14.7 Å². The van der Waals surface area contributed by atoms with Crippen molar-refractivity contribution in [3.8, 4) is 0 Å². The Morgan fingerprint density at radius 2 is 2.00 bits per heavy atom. The third-order valence-corrected chi connectivity index (χ3v) is 5.75. The molecule has 3 aromatic rings. The molecule has 0 saturated heterocycles. The van der Waals surface area contributed by atoms with Gasteiger partial charge in [0.2, 0.25) is 5.91 Å². The van der Waals surface area contributed by atoms with Gasteiger partial charge in [0.1, 0.15) is 0 Å². The van der Waals surface area contributed by atoms with Gasteiger partial charge in [0, 0.05) is 18.8 Å². The molecular weight excluding hydrogens is 386 g/mol. The Kier molecular flexibility index (Phi) is 6.71. The topological polar surface area (TPSA) is 84.2 Å². The van der Waals surface area contributed by atoms with E-state index >= 15 is 0 Å². The van der Waals surface area contributed by atoms with Gasteiger partial charge in [-0.1, -0.05) is 41.6 Å². The second kappa shape index (κ2) is 9.24. The second-order valence-corrected chi connectivity index (χ2v) is 8.32. The van der Waals surface area contributed by atoms with Gasteiger partial charge in [0.25, 0.3) is 5.56 Å². The smallest absolute Gasteiger partial charge is 0.262 e. The lowest BCUT2D eigenvalue weighted by molar-refractivity contribution is -0.115. The lowest BCUT2D eigenvalue weighted by atomic mass is 10.1. The number of aromatic nitrogens is 2. The van der Waals surface area contributed by atoms with Crippen LogP contribution >= 0.6 is 11.8 Å². The first-order valence-electron chi connectivity index (χ1n) is 9.56. The summed E-state index contributed by atoms with van der Waals surface area (Å²) in [6.45, 7) is 6.08. The molecule has 0 spiro atoms. The van der Waals surface area contributed by atoms with Crippen LogP contribution in [0.1, 0.15) is 24.5 Å². The Labute approximate surface area is 174 Å². The average Bonchev–Trinajstić information content (AvgIpc) is 2.70. The fourth-order valence-corrected chi connectivity index (χ4v) is 4.00. The number of aliphatic hydroxyl groups is 1. The summed E-state index contributed by atoms with van der Waals surface area (Å²) in [5.74, 6) is -0.155. The van der Waals surface area contributed by atoms with Gasteiger partial charge in [-0.2, -0.15) is 0 Å². The average molecular weight is 412 g/mol. The molecule has 0 bridgehead atoms. The number of nitrogens with zero attached hydrogens (tertiary/aromatic N) is 2. The highest BCUT2D eigenvalue weighted by Crippen LogP contribution is 2.25. The van der Waals surface area contributed by atoms with Crippen molar-refractivity contribution in [1.29, 1.82) is 0 Å². The molecule has 1 heterocycles. The standard InChI is InChI=1S/C22H25N3O3S/c1-14-9-10-18(15(2)13-14)23-20(27)16(3)29-22-24-19-8-5-4-7-17(19)21(28)25(22)11-6-12-26/h4-5,7-10,13,16,26H,6,11-12H2,1-3H3,(H,23,27)/t16-/m0/s1. The Hall–Kier alpha value is -2.64. The van der Waals surface area contributed by atoms with Crippen LogP contribution in [-0.2, 0) is 11.3 Å². The molecule has 29 heavy (non-hydrogen) atoms. The number of thioether (sulfide) groups is 1. The van der Waals surface area contributed by atoms with Crippen molar-refractivity contribution in [1.82, 2.24) is 9.55 Å². The van der Waals surface area contributed by atoms with Gasteiger partial charge in [-0.15, -0.1) is 0 Å². The van der Waals surface area contributed by atoms with Gasteiger partial charge in [-0.3, -0.25) is 14.2 Å². The molecule has 0 radical (unpaired) electrons. The van der Waals surface area contributed by atoms with Crippen LogP contribution < -0.4 is 10.9 Å². The van der Waals surface area contributed by atoms with Gasteiger partial charge >= 0.3 is 0 Å². The number of carbonyl (C=O) groups is 1. The Bertz CT molecular complexity index is 1090. The summed E-state index contributed by atoms with van der Waals surface area (Å²) in [5, 5.41) is 12.7. The number of carbonyl (C=O) groups excluding carboxylic acids is 1. The quantitative estimate of drug-likeness (QED) is 0.459. The van der Waals surface area contributed by atoms with Crippen molar-refractivity contribution in [2.45, 2.75) is 44.1 Å². The first-order chi connectivity index (χ1) is 13.9. The predicted molar refractivity (Wildman–Crippen MR) is 118 cm³/mol. The lowest BCUT2D eigenvalue weighted by Gasteiger charge is -2.17. The summed E-state index contributed by atoms with van der Waals surface area (Å²) in [4.78, 5) is 30.3. The zero-order valence-electron chi connectivity index (χ0n) is 16.8. The lowest BCUT2D eigenvalue weighted by Crippen LogP contribution is -2.27. The first-order valence-corrected chi connectivity index (χ1v) is 10.4. The molecule has 2 N–H and O–H groups in total. The molecule has 0 aliphatic rings. The van der Waals surface area contributed by atoms with Crippen molar-refractivity contribution in [2.75, 3.05) is 11.9 Å². The SMILES string of the molecule is Cc1ccc(NC(=O)[C@H](C)Sc2nc3ccccc3c(=O)n2CCCO)c(C)c1. The number of aliphatic hydroxyl groups excluding tert-OH is 1. The molecule has 0 unspecified atom stereocenters. The number of hydrogen-bond acceptors (Lipinski definition) is 5. The maximum absolute atomic E-state index is 12.9. The van der Waals surface area contributed by atoms with Crippen LogP contribution in [0.2, 0.25) is 0 Å². The van der Waals surface area contributed by atoms with Crippen LogP contribution in [0.3, 0.4) is 0 Å². The maximum atomic E-state index is 12.9. The minimum atomic E-state index is -0.454. The molecule has 0 aliphatic carbocycles. The molecule has 2 aromatic carbocycles. The van der Waals surface area contributed by atoms with Gasteiger partial charge in [-0.05, 0) is 51.0 Å². The molecular formula is C22H25N3O3S. The number of benzene rings is 2. The summed E-state index contributed by atoms with van der Waals surface area (Å²) >= 11 is 1.24. The van der Waals surface area contributed by atoms with Gasteiger partial charge < -0.3 is 10.4 Å². The first kappa shape index (κ1) is 21.1. The third kappa shape index (κ3) is 4.86. The van der Waals surface area contributed by atoms with Crippen molar-refractivity contribution in [3.63, 3.8) is 0 Å². The molecule has 3 rings (SSSR count). The number of amides is 1. The predicted octanol–water partition coefficient (Wildman–Crippen LogP) is 3.52. The van der Waals surface area contributed by atoms with E-state index in [2.05, 4.69) is 10.3 Å². The number of anilines is 1. The van der Waals surface area contributed by atoms with E-state index in [4.69, 9.17) is 0 Å². The zero-order valence-corrected chi connectivity index (χ0v) is 17.6. The molecule has 7 heteroatoms. The van der Waals surface area contributed by atoms with Crippen LogP contribution in [0.4, 0.5) is 5.69 Å². The van der Waals surface area contributed by atoms with Crippen molar-refractivity contribution < 1.29 is 9.90 Å². The van der Waals surface area contributed by atoms with Gasteiger partial charge in [-0.25, -0.2) is 4.98 Å². The number of para-hydroxylation sites is 1. The fraction of sp³-hybridized carbons (Fsp3) is 0.318. The van der Waals surface area contributed by atoms with E-state index in [1.165, 1.54) is 11.8 Å². The normalized spacial score (nSPS) is 12.1. The van der Waals surface area contributed by atoms with Crippen LogP contribution in [0.15, 0.2) is 52.4 Å². The molecule has 0 saturated carbocycles. The number of aryl methyl sites for hydroxylation is 2. The molecule has 0 fully saturated rings. The fourth-order valence-electron chi connectivity index (χ4n) is 3.06. The molecule has 0 aliphatic heterocycles. The number of hydrogen-bond donors (Lipinski definition) is 2. The van der Waals surface area contributed by atoms with Gasteiger partial charge in [0.15, 0.2) is 5.16 Å². The number of rotatable bonds is 7. The monoisotopic (exact) mass is 411 g/mol. The highest BCUT2D eigenvalue weighted by Gasteiger charge is 2.20. The Balaban J connectivity index is 1.87. The molecule has 1 amide bonds. The summed E-state index contributed by atoms with van der Waals surface area (Å²) in [6.07, 6.45) is 0.441. The molecule has 1 atom stereocenters. The van der Waals surface area contributed by atoms with Gasteiger partial charge in [0.05, 0.1) is 16.2 Å². The van der Waals surface area contributed by atoms with E-state index in [1.807, 2.05) is 38.1 Å².